The summed E-state index contributed by atoms with van der Waals surface area (Å²) in [5, 5.41) is 0. The van der Waals surface area contributed by atoms with Crippen molar-refractivity contribution in [2.45, 2.75) is 9.79 Å². The number of likely N-dealkylation sites (N-methyl/N-ethyl adjacent to an activating group) is 1. The number of hydrogen-bond donors (Lipinski definition) is 1. The Morgan fingerprint density at radius 2 is 1.60 bits per heavy atom. The Labute approximate surface area is 155 Å². The van der Waals surface area contributed by atoms with Crippen LogP contribution in [0.1, 0.15) is 0 Å². The second-order valence-electron chi connectivity index (χ2n) is 6.11. The third-order valence-corrected chi connectivity index (χ3v) is 6.31. The number of nitrogens with one attached hydrogen (secondary N) is 1. The third-order valence-electron chi connectivity index (χ3n) is 4.30. The normalized spacial score (nSPS) is 18.0. The van der Waals surface area contributed by atoms with E-state index in [0.717, 1.165) is 37.6 Å². The molecule has 3 rings (SSSR count). The number of hydrogen-bond acceptors (Lipinski definition) is 5. The van der Waals surface area contributed by atoms with E-state index >= 15 is 0 Å². The summed E-state index contributed by atoms with van der Waals surface area (Å²) >= 11 is -2.49. The van der Waals surface area contributed by atoms with Crippen LogP contribution in [0.15, 0.2) is 58.3 Å². The molecule has 1 N–H and O–H groups in total. The fourth-order valence-corrected chi connectivity index (χ4v) is 4.37. The summed E-state index contributed by atoms with van der Waals surface area (Å²) in [5.41, 5.74) is 1.92. The van der Waals surface area contributed by atoms with Crippen LogP contribution in [-0.4, -0.2) is 53.5 Å². The second-order valence-corrected chi connectivity index (χ2v) is 8.70. The molecule has 1 heterocycles. The van der Waals surface area contributed by atoms with Gasteiger partial charge in [0.05, 0.1) is 11.8 Å². The SMILES string of the molecule is CN1CCN(c2ccccc2N[S+]([O-])c2cccc([S+](C)[O-])c2)CC1. The summed E-state index contributed by atoms with van der Waals surface area (Å²) in [7, 11) is 2.13. The predicted molar refractivity (Wildman–Crippen MR) is 105 cm³/mol. The van der Waals surface area contributed by atoms with Crippen molar-refractivity contribution < 1.29 is 9.11 Å². The van der Waals surface area contributed by atoms with Crippen LogP contribution in [0.3, 0.4) is 0 Å². The second kappa shape index (κ2) is 8.33. The highest BCUT2D eigenvalue weighted by Crippen LogP contribution is 2.29. The summed E-state index contributed by atoms with van der Waals surface area (Å²) in [6.07, 6.45) is 1.62. The molecular weight excluding hydrogens is 354 g/mol. The number of para-hydroxylation sites is 2. The van der Waals surface area contributed by atoms with Crippen molar-refractivity contribution in [1.29, 1.82) is 0 Å². The molecule has 2 aromatic carbocycles. The number of rotatable bonds is 5. The van der Waals surface area contributed by atoms with Crippen molar-refractivity contribution in [2.75, 3.05) is 49.1 Å². The van der Waals surface area contributed by atoms with Gasteiger partial charge in [0.25, 0.3) is 0 Å². The van der Waals surface area contributed by atoms with Crippen LogP contribution in [0.5, 0.6) is 0 Å². The van der Waals surface area contributed by atoms with E-state index in [1.807, 2.05) is 18.2 Å². The van der Waals surface area contributed by atoms with E-state index in [0.29, 0.717) is 9.79 Å². The molecule has 0 aromatic heterocycles. The summed E-state index contributed by atoms with van der Waals surface area (Å²) in [6, 6.07) is 15.1. The molecular formula is C18H23N3O2S2. The molecule has 1 aliphatic heterocycles. The maximum atomic E-state index is 12.8. The first kappa shape index (κ1) is 18.4. The quantitative estimate of drug-likeness (QED) is 0.810. The van der Waals surface area contributed by atoms with E-state index in [1.54, 1.807) is 30.5 Å². The summed E-state index contributed by atoms with van der Waals surface area (Å²) in [4.78, 5) is 5.93. The number of benzene rings is 2. The van der Waals surface area contributed by atoms with E-state index in [2.05, 4.69) is 27.6 Å². The zero-order valence-electron chi connectivity index (χ0n) is 14.5. The molecule has 0 bridgehead atoms. The van der Waals surface area contributed by atoms with E-state index in [4.69, 9.17) is 0 Å². The van der Waals surface area contributed by atoms with Gasteiger partial charge in [-0.1, -0.05) is 18.2 Å². The Morgan fingerprint density at radius 1 is 0.920 bits per heavy atom. The van der Waals surface area contributed by atoms with Crippen LogP contribution in [0.25, 0.3) is 0 Å². The zero-order valence-corrected chi connectivity index (χ0v) is 16.1. The molecule has 1 fully saturated rings. The predicted octanol–water partition coefficient (Wildman–Crippen LogP) is 2.31. The van der Waals surface area contributed by atoms with Gasteiger partial charge >= 0.3 is 0 Å². The maximum absolute atomic E-state index is 12.8. The minimum atomic E-state index is -1.40. The first-order chi connectivity index (χ1) is 12.0. The fraction of sp³-hybridized carbons (Fsp3) is 0.333. The number of anilines is 2. The summed E-state index contributed by atoms with van der Waals surface area (Å²) < 4.78 is 27.5. The highest BCUT2D eigenvalue weighted by atomic mass is 32.2. The summed E-state index contributed by atoms with van der Waals surface area (Å²) in [5.74, 6) is 0. The van der Waals surface area contributed by atoms with Crippen molar-refractivity contribution in [2.24, 2.45) is 0 Å². The van der Waals surface area contributed by atoms with Crippen molar-refractivity contribution in [3.63, 3.8) is 0 Å². The van der Waals surface area contributed by atoms with Gasteiger partial charge in [0, 0.05) is 26.2 Å². The molecule has 25 heavy (non-hydrogen) atoms. The Hall–Kier alpha value is -1.38. The largest absolute Gasteiger partial charge is 0.612 e. The Bertz CT molecular complexity index is 706. The first-order valence-electron chi connectivity index (χ1n) is 8.19. The minimum Gasteiger partial charge on any atom is -0.612 e. The Kier molecular flexibility index (Phi) is 6.14. The molecule has 2 unspecified atom stereocenters. The van der Waals surface area contributed by atoms with E-state index in [-0.39, 0.29) is 0 Å². The molecule has 0 radical (unpaired) electrons. The topological polar surface area (TPSA) is 64.6 Å². The van der Waals surface area contributed by atoms with Crippen molar-refractivity contribution >= 4 is 33.9 Å². The molecule has 7 heteroatoms. The maximum Gasteiger partial charge on any atom is 0.184 e. The molecule has 0 saturated carbocycles. The van der Waals surface area contributed by atoms with Crippen LogP contribution < -0.4 is 9.62 Å². The lowest BCUT2D eigenvalue weighted by molar-refractivity contribution is 0.313. The van der Waals surface area contributed by atoms with E-state index in [1.165, 1.54) is 0 Å². The lowest BCUT2D eigenvalue weighted by atomic mass is 10.2. The van der Waals surface area contributed by atoms with Gasteiger partial charge in [-0.2, -0.15) is 0 Å². The van der Waals surface area contributed by atoms with Gasteiger partial charge in [-0.3, -0.25) is 0 Å². The highest BCUT2D eigenvalue weighted by Gasteiger charge is 2.21. The van der Waals surface area contributed by atoms with Gasteiger partial charge < -0.3 is 18.9 Å². The van der Waals surface area contributed by atoms with Crippen LogP contribution >= 0.6 is 0 Å². The molecule has 1 saturated heterocycles. The zero-order chi connectivity index (χ0) is 17.8. The van der Waals surface area contributed by atoms with Gasteiger partial charge in [0.1, 0.15) is 23.3 Å². The van der Waals surface area contributed by atoms with Crippen LogP contribution in [0.4, 0.5) is 11.4 Å². The molecule has 0 amide bonds. The fourth-order valence-electron chi connectivity index (χ4n) is 2.81. The van der Waals surface area contributed by atoms with Crippen molar-refractivity contribution in [3.05, 3.63) is 48.5 Å². The molecule has 2 aromatic rings. The van der Waals surface area contributed by atoms with Crippen LogP contribution in [-0.2, 0) is 22.5 Å². The smallest absolute Gasteiger partial charge is 0.184 e. The molecule has 134 valence electrons. The lowest BCUT2D eigenvalue weighted by Gasteiger charge is -2.35. The van der Waals surface area contributed by atoms with Crippen LogP contribution in [0.2, 0.25) is 0 Å². The van der Waals surface area contributed by atoms with Gasteiger partial charge in [-0.15, -0.1) is 0 Å². The third kappa shape index (κ3) is 4.62. The number of piperazine rings is 1. The molecule has 2 atom stereocenters. The number of nitrogens with zero attached hydrogens (tertiary/aromatic N) is 2. The Morgan fingerprint density at radius 3 is 2.32 bits per heavy atom. The molecule has 0 spiro atoms. The standard InChI is InChI=1S/C18H23N3O2S2/c1-20-10-12-21(13-11-20)18-9-4-3-8-17(18)19-25(23)16-7-5-6-15(14-16)24(2)22/h3-9,14,19H,10-13H2,1-2H3. The molecule has 5 nitrogen and oxygen atoms in total. The van der Waals surface area contributed by atoms with E-state index < -0.39 is 22.5 Å². The molecule has 0 aliphatic carbocycles. The Balaban J connectivity index is 1.77. The highest BCUT2D eigenvalue weighted by molar-refractivity contribution is 7.93. The van der Waals surface area contributed by atoms with Gasteiger partial charge in [0.2, 0.25) is 0 Å². The van der Waals surface area contributed by atoms with Crippen molar-refractivity contribution in [1.82, 2.24) is 4.90 Å². The average Bonchev–Trinajstić information content (AvgIpc) is 2.63. The van der Waals surface area contributed by atoms with E-state index in [9.17, 15) is 9.11 Å². The minimum absolute atomic E-state index is 0.626. The van der Waals surface area contributed by atoms with Gasteiger partial charge in [-0.25, -0.2) is 4.72 Å². The first-order valence-corrected chi connectivity index (χ1v) is 10.9. The summed E-state index contributed by atoms with van der Waals surface area (Å²) in [6.45, 7) is 3.93. The van der Waals surface area contributed by atoms with Crippen LogP contribution in [0, 0.1) is 0 Å². The molecule has 1 aliphatic rings. The lowest BCUT2D eigenvalue weighted by Crippen LogP contribution is -2.44. The monoisotopic (exact) mass is 377 g/mol. The van der Waals surface area contributed by atoms with Gasteiger partial charge in [-0.05, 0) is 42.5 Å². The van der Waals surface area contributed by atoms with Gasteiger partial charge in [0.15, 0.2) is 9.79 Å². The van der Waals surface area contributed by atoms with Crippen molar-refractivity contribution in [3.8, 4) is 0 Å². The average molecular weight is 378 g/mol.